The van der Waals surface area contributed by atoms with Gasteiger partial charge in [0.25, 0.3) is 5.45 Å². The Morgan fingerprint density at radius 2 is 2.00 bits per heavy atom. The van der Waals surface area contributed by atoms with Crippen molar-refractivity contribution in [3.8, 4) is 6.07 Å². The Kier molecular flexibility index (Phi) is 7.22. The van der Waals surface area contributed by atoms with E-state index in [9.17, 15) is 9.36 Å². The summed E-state index contributed by atoms with van der Waals surface area (Å²) in [7, 11) is -3.90. The minimum atomic E-state index is -3.90. The fourth-order valence-electron chi connectivity index (χ4n) is 1.38. The summed E-state index contributed by atoms with van der Waals surface area (Å²) in [6, 6.07) is 7.53. The average Bonchev–Trinajstić information content (AvgIpc) is 2.48. The van der Waals surface area contributed by atoms with Gasteiger partial charge in [0.15, 0.2) is 0 Å². The monoisotopic (exact) mass is 344 g/mol. The molecule has 0 aliphatic heterocycles. The molecular weight excluding hydrogens is 331 g/mol. The van der Waals surface area contributed by atoms with E-state index in [1.165, 1.54) is 12.1 Å². The molecule has 0 saturated heterocycles. The zero-order chi connectivity index (χ0) is 16.6. The highest BCUT2D eigenvalue weighted by atomic mass is 35.5. The van der Waals surface area contributed by atoms with Crippen LogP contribution in [0.1, 0.15) is 24.2 Å². The maximum atomic E-state index is 12.3. The topological polar surface area (TPSA) is 98.0 Å². The molecule has 118 valence electrons. The number of hydrogen-bond acceptors (Lipinski definition) is 7. The van der Waals surface area contributed by atoms with Crippen molar-refractivity contribution in [3.63, 3.8) is 0 Å². The molecule has 0 bridgehead atoms. The Labute approximate surface area is 132 Å². The summed E-state index contributed by atoms with van der Waals surface area (Å²) in [6.07, 6.45) is 0. The van der Waals surface area contributed by atoms with Crippen molar-refractivity contribution in [1.29, 1.82) is 5.26 Å². The van der Waals surface area contributed by atoms with Crippen LogP contribution in [-0.2, 0) is 18.5 Å². The molecule has 1 aromatic rings. The SMILES string of the molecule is CCOP(=O)(OCC)/C(C#N)=N/OC(=O)c1cccc(Cl)c1. The summed E-state index contributed by atoms with van der Waals surface area (Å²) in [6.45, 7) is 3.25. The molecule has 7 nitrogen and oxygen atoms in total. The minimum Gasteiger partial charge on any atom is -0.311 e. The number of carbonyl (C=O) groups excluding carboxylic acids is 1. The lowest BCUT2D eigenvalue weighted by Crippen LogP contribution is -2.08. The second-order valence-electron chi connectivity index (χ2n) is 3.75. The van der Waals surface area contributed by atoms with Crippen LogP contribution in [-0.4, -0.2) is 24.6 Å². The first-order valence-corrected chi connectivity index (χ1v) is 8.23. The van der Waals surface area contributed by atoms with Crippen LogP contribution in [0, 0.1) is 11.3 Å². The number of carbonyl (C=O) groups is 1. The van der Waals surface area contributed by atoms with Crippen LogP contribution in [0.5, 0.6) is 0 Å². The largest absolute Gasteiger partial charge is 0.393 e. The van der Waals surface area contributed by atoms with E-state index in [-0.39, 0.29) is 18.8 Å². The molecular formula is C13H14ClN2O5P. The first-order valence-electron chi connectivity index (χ1n) is 6.31. The zero-order valence-corrected chi connectivity index (χ0v) is 13.6. The van der Waals surface area contributed by atoms with Gasteiger partial charge in [0.1, 0.15) is 6.07 Å². The van der Waals surface area contributed by atoms with Gasteiger partial charge in [-0.1, -0.05) is 22.8 Å². The summed E-state index contributed by atoms with van der Waals surface area (Å²) < 4.78 is 22.2. The Morgan fingerprint density at radius 3 is 2.50 bits per heavy atom. The smallest absolute Gasteiger partial charge is 0.311 e. The Morgan fingerprint density at radius 1 is 1.36 bits per heavy atom. The van der Waals surface area contributed by atoms with Crippen LogP contribution < -0.4 is 0 Å². The second kappa shape index (κ2) is 8.66. The van der Waals surface area contributed by atoms with E-state index < -0.39 is 19.0 Å². The minimum absolute atomic E-state index is 0.0419. The van der Waals surface area contributed by atoms with Crippen LogP contribution in [0.2, 0.25) is 5.02 Å². The highest BCUT2D eigenvalue weighted by Crippen LogP contribution is 2.49. The van der Waals surface area contributed by atoms with Gasteiger partial charge in [-0.25, -0.2) is 4.79 Å². The standard InChI is InChI=1S/C13H14ClN2O5P/c1-3-19-22(18,20-4-2)12(9-15)16-21-13(17)10-6-5-7-11(14)8-10/h5-8H,3-4H2,1-2H3/b16-12+. The molecule has 0 fully saturated rings. The van der Waals surface area contributed by atoms with Crippen LogP contribution in [0.4, 0.5) is 0 Å². The Bertz CT molecular complexity index is 646. The molecule has 0 spiro atoms. The number of nitrogens with zero attached hydrogens (tertiary/aromatic N) is 2. The van der Waals surface area contributed by atoms with Crippen molar-refractivity contribution >= 4 is 30.6 Å². The van der Waals surface area contributed by atoms with E-state index >= 15 is 0 Å². The number of benzene rings is 1. The lowest BCUT2D eigenvalue weighted by molar-refractivity contribution is 0.0517. The molecule has 0 aromatic heterocycles. The summed E-state index contributed by atoms with van der Waals surface area (Å²) >= 11 is 5.75. The number of halogens is 1. The van der Waals surface area contributed by atoms with Crippen molar-refractivity contribution in [1.82, 2.24) is 0 Å². The van der Waals surface area contributed by atoms with Gasteiger partial charge >= 0.3 is 13.6 Å². The summed E-state index contributed by atoms with van der Waals surface area (Å²) in [4.78, 5) is 16.4. The molecule has 0 radical (unpaired) electrons. The third-order valence-electron chi connectivity index (χ3n) is 2.23. The van der Waals surface area contributed by atoms with Gasteiger partial charge < -0.3 is 13.9 Å². The molecule has 0 saturated carbocycles. The van der Waals surface area contributed by atoms with Crippen molar-refractivity contribution in [3.05, 3.63) is 34.9 Å². The predicted molar refractivity (Wildman–Crippen MR) is 80.8 cm³/mol. The highest BCUT2D eigenvalue weighted by Gasteiger charge is 2.33. The first kappa shape index (κ1) is 18.3. The van der Waals surface area contributed by atoms with Crippen molar-refractivity contribution in [2.75, 3.05) is 13.2 Å². The van der Waals surface area contributed by atoms with Gasteiger partial charge in [-0.05, 0) is 32.0 Å². The van der Waals surface area contributed by atoms with Gasteiger partial charge in [0, 0.05) is 5.02 Å². The average molecular weight is 345 g/mol. The molecule has 22 heavy (non-hydrogen) atoms. The fraction of sp³-hybridized carbons (Fsp3) is 0.308. The molecule has 0 amide bonds. The van der Waals surface area contributed by atoms with E-state index in [4.69, 9.17) is 25.9 Å². The van der Waals surface area contributed by atoms with Gasteiger partial charge in [0.2, 0.25) is 0 Å². The second-order valence-corrected chi connectivity index (χ2v) is 6.12. The van der Waals surface area contributed by atoms with E-state index in [0.717, 1.165) is 0 Å². The Balaban J connectivity index is 2.95. The van der Waals surface area contributed by atoms with Crippen LogP contribution in [0.25, 0.3) is 0 Å². The third-order valence-corrected chi connectivity index (χ3v) is 4.36. The maximum absolute atomic E-state index is 12.3. The predicted octanol–water partition coefficient (Wildman–Crippen LogP) is 3.60. The number of rotatable bonds is 7. The quantitative estimate of drug-likeness (QED) is 0.324. The van der Waals surface area contributed by atoms with E-state index in [1.54, 1.807) is 32.0 Å². The van der Waals surface area contributed by atoms with Crippen molar-refractivity contribution < 1.29 is 23.2 Å². The number of nitriles is 1. The van der Waals surface area contributed by atoms with Crippen LogP contribution in [0.3, 0.4) is 0 Å². The van der Waals surface area contributed by atoms with Gasteiger partial charge in [-0.15, -0.1) is 0 Å². The third kappa shape index (κ3) is 4.93. The molecule has 0 N–H and O–H groups in total. The molecule has 0 unspecified atom stereocenters. The lowest BCUT2D eigenvalue weighted by Gasteiger charge is -2.13. The van der Waals surface area contributed by atoms with Crippen LogP contribution >= 0.6 is 19.2 Å². The fourth-order valence-corrected chi connectivity index (χ4v) is 2.84. The van der Waals surface area contributed by atoms with Crippen molar-refractivity contribution in [2.24, 2.45) is 5.16 Å². The van der Waals surface area contributed by atoms with Crippen molar-refractivity contribution in [2.45, 2.75) is 13.8 Å². The van der Waals surface area contributed by atoms with E-state index in [2.05, 4.69) is 9.99 Å². The maximum Gasteiger partial charge on any atom is 0.393 e. The molecule has 1 rings (SSSR count). The summed E-state index contributed by atoms with van der Waals surface area (Å²) in [5.74, 6) is -0.852. The van der Waals surface area contributed by atoms with Gasteiger partial charge in [-0.3, -0.25) is 4.57 Å². The highest BCUT2D eigenvalue weighted by molar-refractivity contribution is 7.73. The molecule has 1 aromatic carbocycles. The zero-order valence-electron chi connectivity index (χ0n) is 12.0. The van der Waals surface area contributed by atoms with Crippen LogP contribution in [0.15, 0.2) is 29.4 Å². The van der Waals surface area contributed by atoms with Gasteiger partial charge in [-0.2, -0.15) is 5.26 Å². The molecule has 0 aliphatic rings. The number of oxime groups is 1. The molecule has 0 aliphatic carbocycles. The van der Waals surface area contributed by atoms with Gasteiger partial charge in [0.05, 0.1) is 18.8 Å². The van der Waals surface area contributed by atoms with E-state index in [1.807, 2.05) is 0 Å². The van der Waals surface area contributed by atoms with E-state index in [0.29, 0.717) is 5.02 Å². The normalized spacial score (nSPS) is 11.8. The summed E-state index contributed by atoms with van der Waals surface area (Å²) in [5, 5.41) is 12.7. The molecule has 9 heteroatoms. The Hall–Kier alpha value is -1.71. The molecule has 0 heterocycles. The summed E-state index contributed by atoms with van der Waals surface area (Å²) in [5.41, 5.74) is -0.497. The number of hydrogen-bond donors (Lipinski definition) is 0. The lowest BCUT2D eigenvalue weighted by atomic mass is 10.2. The molecule has 0 atom stereocenters. The first-order chi connectivity index (χ1) is 10.5.